The predicted octanol–water partition coefficient (Wildman–Crippen LogP) is 3.73. The van der Waals surface area contributed by atoms with Gasteiger partial charge in [0, 0.05) is 18.1 Å². The molecule has 6 nitrogen and oxygen atoms in total. The number of fused-ring (bicyclic) bond motifs is 1. The van der Waals surface area contributed by atoms with E-state index < -0.39 is 22.0 Å². The molecule has 1 unspecified atom stereocenters. The summed E-state index contributed by atoms with van der Waals surface area (Å²) in [5, 5.41) is 1.73. The summed E-state index contributed by atoms with van der Waals surface area (Å²) in [6.07, 6.45) is 2.05. The third-order valence-electron chi connectivity index (χ3n) is 4.78. The number of carbonyl (C=O) groups is 1. The molecule has 4 rings (SSSR count). The van der Waals surface area contributed by atoms with E-state index in [1.54, 1.807) is 17.5 Å². The number of halogens is 1. The van der Waals surface area contributed by atoms with Gasteiger partial charge >= 0.3 is 0 Å². The maximum absolute atomic E-state index is 13.0. The van der Waals surface area contributed by atoms with E-state index in [9.17, 15) is 13.2 Å². The van der Waals surface area contributed by atoms with Gasteiger partial charge in [0.2, 0.25) is 0 Å². The van der Waals surface area contributed by atoms with Crippen LogP contribution in [0.4, 0.5) is 0 Å². The van der Waals surface area contributed by atoms with Crippen LogP contribution in [-0.2, 0) is 21.9 Å². The van der Waals surface area contributed by atoms with E-state index in [4.69, 9.17) is 0 Å². The summed E-state index contributed by atoms with van der Waals surface area (Å²) in [5.74, 6) is -0.405. The summed E-state index contributed by atoms with van der Waals surface area (Å²) in [6, 6.07) is 8.38. The summed E-state index contributed by atoms with van der Waals surface area (Å²) < 4.78 is 31.4. The molecule has 0 spiro atoms. The lowest BCUT2D eigenvalue weighted by molar-refractivity contribution is -0.122. The molecule has 0 N–H and O–H groups in total. The lowest BCUT2D eigenvalue weighted by atomic mass is 10.0. The average Bonchev–Trinajstić information content (AvgIpc) is 3.32. The number of piperidine rings is 1. The molecule has 148 valence electrons. The molecule has 1 atom stereocenters. The smallest absolute Gasteiger partial charge is 0.266 e. The number of para-hydroxylation sites is 1. The number of thiophene rings is 1. The first-order valence-corrected chi connectivity index (χ1v) is 12.7. The van der Waals surface area contributed by atoms with Crippen molar-refractivity contribution in [2.24, 2.45) is 12.0 Å². The molecule has 0 aliphatic carbocycles. The van der Waals surface area contributed by atoms with Crippen molar-refractivity contribution in [3.05, 3.63) is 45.0 Å². The van der Waals surface area contributed by atoms with Crippen molar-refractivity contribution in [1.29, 1.82) is 0 Å². The predicted molar refractivity (Wildman–Crippen MR) is 115 cm³/mol. The Balaban J connectivity index is 1.73. The van der Waals surface area contributed by atoms with Gasteiger partial charge < -0.3 is 4.57 Å². The number of nitrogens with zero attached hydrogens (tertiary/aromatic N) is 3. The molecular weight excluding hydrogens is 482 g/mol. The first kappa shape index (κ1) is 20.0. The van der Waals surface area contributed by atoms with Crippen LogP contribution in [0.2, 0.25) is 0 Å². The zero-order valence-electron chi connectivity index (χ0n) is 15.0. The Kier molecular flexibility index (Phi) is 5.58. The second-order valence-electron chi connectivity index (χ2n) is 6.54. The third-order valence-corrected chi connectivity index (χ3v) is 9.79. The topological polar surface area (TPSA) is 71.7 Å². The molecule has 0 saturated carbocycles. The van der Waals surface area contributed by atoms with Crippen LogP contribution in [-0.4, -0.2) is 35.8 Å². The standard InChI is InChI=1S/C18H18BrN3O3S3/c1-21-16-12(19)6-4-8-14(16)27-18(21)20-17(23)13-7-2-3-10-22(13)28(24,25)15-9-5-11-26-15/h4-6,8-9,11,13H,2-3,7,10H2,1H3. The van der Waals surface area contributed by atoms with E-state index in [1.807, 2.05) is 29.8 Å². The van der Waals surface area contributed by atoms with Gasteiger partial charge in [0.25, 0.3) is 15.9 Å². The number of sulfonamides is 1. The van der Waals surface area contributed by atoms with Crippen LogP contribution < -0.4 is 4.80 Å². The first-order valence-electron chi connectivity index (χ1n) is 8.77. The van der Waals surface area contributed by atoms with Crippen molar-refractivity contribution in [3.63, 3.8) is 0 Å². The molecule has 3 aromatic rings. The Morgan fingerprint density at radius 1 is 1.25 bits per heavy atom. The zero-order chi connectivity index (χ0) is 19.9. The second kappa shape index (κ2) is 7.83. The average molecular weight is 500 g/mol. The molecule has 1 saturated heterocycles. The van der Waals surface area contributed by atoms with Crippen LogP contribution in [0.1, 0.15) is 19.3 Å². The number of benzene rings is 1. The quantitative estimate of drug-likeness (QED) is 0.550. The number of aryl methyl sites for hydroxylation is 1. The number of amides is 1. The first-order chi connectivity index (χ1) is 13.4. The van der Waals surface area contributed by atoms with E-state index in [0.717, 1.165) is 27.5 Å². The number of rotatable bonds is 3. The van der Waals surface area contributed by atoms with E-state index in [0.29, 0.717) is 17.8 Å². The van der Waals surface area contributed by atoms with Gasteiger partial charge in [-0.05, 0) is 52.4 Å². The van der Waals surface area contributed by atoms with Crippen LogP contribution in [0, 0.1) is 0 Å². The highest BCUT2D eigenvalue weighted by atomic mass is 79.9. The van der Waals surface area contributed by atoms with E-state index >= 15 is 0 Å². The molecule has 0 radical (unpaired) electrons. The summed E-state index contributed by atoms with van der Waals surface area (Å²) in [4.78, 5) is 17.9. The Hall–Kier alpha value is -1.33. The van der Waals surface area contributed by atoms with Gasteiger partial charge in [-0.15, -0.1) is 11.3 Å². The second-order valence-corrected chi connectivity index (χ2v) is 11.5. The number of thiazole rings is 1. The maximum Gasteiger partial charge on any atom is 0.266 e. The summed E-state index contributed by atoms with van der Waals surface area (Å²) in [7, 11) is -1.83. The highest BCUT2D eigenvalue weighted by molar-refractivity contribution is 9.10. The van der Waals surface area contributed by atoms with Gasteiger partial charge in [-0.25, -0.2) is 8.42 Å². The van der Waals surface area contributed by atoms with Crippen LogP contribution in [0.25, 0.3) is 10.2 Å². The number of aromatic nitrogens is 1. The molecule has 0 bridgehead atoms. The minimum Gasteiger partial charge on any atom is -0.318 e. The highest BCUT2D eigenvalue weighted by Gasteiger charge is 2.38. The fourth-order valence-corrected chi connectivity index (χ4v) is 7.98. The Morgan fingerprint density at radius 2 is 2.07 bits per heavy atom. The summed E-state index contributed by atoms with van der Waals surface area (Å²) >= 11 is 6.12. The van der Waals surface area contributed by atoms with Crippen LogP contribution >= 0.6 is 38.6 Å². The zero-order valence-corrected chi connectivity index (χ0v) is 19.1. The van der Waals surface area contributed by atoms with Gasteiger partial charge in [-0.3, -0.25) is 4.79 Å². The maximum atomic E-state index is 13.0. The van der Waals surface area contributed by atoms with Gasteiger partial charge in [0.05, 0.1) is 10.2 Å². The third kappa shape index (κ3) is 3.52. The Morgan fingerprint density at radius 3 is 2.79 bits per heavy atom. The molecule has 1 aromatic carbocycles. The lowest BCUT2D eigenvalue weighted by Gasteiger charge is -2.31. The summed E-state index contributed by atoms with van der Waals surface area (Å²) in [6.45, 7) is 0.344. The van der Waals surface area contributed by atoms with E-state index in [-0.39, 0.29) is 4.21 Å². The largest absolute Gasteiger partial charge is 0.318 e. The fraction of sp³-hybridized carbons (Fsp3) is 0.333. The highest BCUT2D eigenvalue weighted by Crippen LogP contribution is 2.29. The fourth-order valence-electron chi connectivity index (χ4n) is 3.40. The normalized spacial score (nSPS) is 19.4. The molecular formula is C18H18BrN3O3S3. The lowest BCUT2D eigenvalue weighted by Crippen LogP contribution is -2.47. The van der Waals surface area contributed by atoms with Crippen molar-refractivity contribution in [3.8, 4) is 0 Å². The SMILES string of the molecule is Cn1c(=NC(=O)C2CCCCN2S(=O)(=O)c2cccs2)sc2cccc(Br)c21. The van der Waals surface area contributed by atoms with Crippen molar-refractivity contribution < 1.29 is 13.2 Å². The molecule has 1 aliphatic rings. The number of hydrogen-bond acceptors (Lipinski definition) is 5. The number of hydrogen-bond donors (Lipinski definition) is 0. The van der Waals surface area contributed by atoms with E-state index in [2.05, 4.69) is 20.9 Å². The molecule has 1 fully saturated rings. The molecule has 1 aliphatic heterocycles. The minimum atomic E-state index is -3.69. The minimum absolute atomic E-state index is 0.267. The monoisotopic (exact) mass is 499 g/mol. The van der Waals surface area contributed by atoms with E-state index in [1.165, 1.54) is 27.0 Å². The Labute approximate surface area is 179 Å². The van der Waals surface area contributed by atoms with Crippen LogP contribution in [0.5, 0.6) is 0 Å². The van der Waals surface area contributed by atoms with Gasteiger partial charge in [-0.1, -0.05) is 29.9 Å². The van der Waals surface area contributed by atoms with Crippen LogP contribution in [0.15, 0.2) is 49.4 Å². The van der Waals surface area contributed by atoms with Gasteiger partial charge in [-0.2, -0.15) is 9.30 Å². The van der Waals surface area contributed by atoms with Gasteiger partial charge in [0.15, 0.2) is 4.80 Å². The number of carbonyl (C=O) groups excluding carboxylic acids is 1. The summed E-state index contributed by atoms with van der Waals surface area (Å²) in [5.41, 5.74) is 0.964. The van der Waals surface area contributed by atoms with Crippen molar-refractivity contribution >= 4 is 64.8 Å². The van der Waals surface area contributed by atoms with Crippen molar-refractivity contribution in [1.82, 2.24) is 8.87 Å². The Bertz CT molecular complexity index is 1200. The van der Waals surface area contributed by atoms with Crippen molar-refractivity contribution in [2.75, 3.05) is 6.54 Å². The molecule has 10 heteroatoms. The van der Waals surface area contributed by atoms with Crippen LogP contribution in [0.3, 0.4) is 0 Å². The molecule has 28 heavy (non-hydrogen) atoms. The molecule has 1 amide bonds. The molecule has 3 heterocycles. The molecule has 2 aromatic heterocycles. The van der Waals surface area contributed by atoms with Crippen molar-refractivity contribution in [2.45, 2.75) is 29.5 Å². The van der Waals surface area contributed by atoms with Gasteiger partial charge in [0.1, 0.15) is 10.3 Å².